The molecule has 0 saturated carbocycles. The van der Waals surface area contributed by atoms with Gasteiger partial charge in [-0.25, -0.2) is 13.8 Å². The van der Waals surface area contributed by atoms with Crippen LogP contribution in [-0.2, 0) is 11.8 Å². The van der Waals surface area contributed by atoms with Crippen LogP contribution in [0.2, 0.25) is 5.02 Å². The SMILES string of the molecule is CCC(C(=O)Nc1c(C(N)=O)sc2nc(C(F)F)cc(-c3cn(C)nc3C)c12)n1cc(Cl)cn1. The maximum atomic E-state index is 13.7. The molecule has 9 nitrogen and oxygen atoms in total. The van der Waals surface area contributed by atoms with E-state index in [2.05, 4.69) is 20.5 Å². The summed E-state index contributed by atoms with van der Waals surface area (Å²) in [5.41, 5.74) is 6.75. The number of nitrogens with zero attached hydrogens (tertiary/aromatic N) is 5. The van der Waals surface area contributed by atoms with E-state index in [9.17, 15) is 18.4 Å². The first kappa shape index (κ1) is 23.8. The number of rotatable bonds is 7. The molecule has 13 heteroatoms. The molecule has 0 radical (unpaired) electrons. The molecule has 34 heavy (non-hydrogen) atoms. The van der Waals surface area contributed by atoms with Crippen LogP contribution >= 0.6 is 22.9 Å². The van der Waals surface area contributed by atoms with Crippen molar-refractivity contribution in [3.05, 3.63) is 45.9 Å². The third-order valence-electron chi connectivity index (χ3n) is 5.26. The average Bonchev–Trinajstić information content (AvgIpc) is 3.45. The van der Waals surface area contributed by atoms with Crippen LogP contribution in [0.1, 0.15) is 46.9 Å². The molecule has 0 spiro atoms. The van der Waals surface area contributed by atoms with Gasteiger partial charge in [0.2, 0.25) is 5.91 Å². The first-order valence-electron chi connectivity index (χ1n) is 10.2. The van der Waals surface area contributed by atoms with Gasteiger partial charge in [-0.05, 0) is 25.0 Å². The van der Waals surface area contributed by atoms with Gasteiger partial charge in [0.15, 0.2) is 0 Å². The van der Waals surface area contributed by atoms with Gasteiger partial charge >= 0.3 is 0 Å². The number of hydrogen-bond donors (Lipinski definition) is 2. The lowest BCUT2D eigenvalue weighted by Crippen LogP contribution is -2.27. The van der Waals surface area contributed by atoms with E-state index >= 15 is 0 Å². The Morgan fingerprint density at radius 3 is 2.56 bits per heavy atom. The van der Waals surface area contributed by atoms with Crippen molar-refractivity contribution in [2.24, 2.45) is 12.8 Å². The van der Waals surface area contributed by atoms with Crippen LogP contribution in [-0.4, -0.2) is 36.4 Å². The fraction of sp³-hybridized carbons (Fsp3) is 0.286. The summed E-state index contributed by atoms with van der Waals surface area (Å²) in [7, 11) is 1.70. The monoisotopic (exact) mass is 507 g/mol. The Balaban J connectivity index is 1.93. The second-order valence-electron chi connectivity index (χ2n) is 7.60. The molecule has 0 bridgehead atoms. The number of anilines is 1. The minimum atomic E-state index is -2.84. The summed E-state index contributed by atoms with van der Waals surface area (Å²) in [6, 6.07) is 0.509. The van der Waals surface area contributed by atoms with Crippen molar-refractivity contribution < 1.29 is 18.4 Å². The van der Waals surface area contributed by atoms with Gasteiger partial charge in [-0.2, -0.15) is 10.2 Å². The normalized spacial score (nSPS) is 12.4. The van der Waals surface area contributed by atoms with E-state index < -0.39 is 30.0 Å². The Kier molecular flexibility index (Phi) is 6.36. The number of aryl methyl sites for hydroxylation is 2. The molecule has 4 aromatic heterocycles. The first-order valence-corrected chi connectivity index (χ1v) is 11.4. The lowest BCUT2D eigenvalue weighted by molar-refractivity contribution is -0.119. The number of amides is 2. The average molecular weight is 508 g/mol. The molecule has 0 aromatic carbocycles. The van der Waals surface area contributed by atoms with Gasteiger partial charge in [0.25, 0.3) is 12.3 Å². The van der Waals surface area contributed by atoms with Crippen LogP contribution in [0.4, 0.5) is 14.5 Å². The smallest absolute Gasteiger partial charge is 0.280 e. The van der Waals surface area contributed by atoms with E-state index in [-0.39, 0.29) is 15.4 Å². The summed E-state index contributed by atoms with van der Waals surface area (Å²) >= 11 is 6.79. The molecule has 4 heterocycles. The molecular weight excluding hydrogens is 488 g/mol. The van der Waals surface area contributed by atoms with Crippen molar-refractivity contribution in [3.8, 4) is 11.1 Å². The molecule has 3 N–H and O–H groups in total. The number of pyridine rings is 1. The molecule has 0 fully saturated rings. The maximum Gasteiger partial charge on any atom is 0.280 e. The summed E-state index contributed by atoms with van der Waals surface area (Å²) in [5, 5.41) is 11.9. The third kappa shape index (κ3) is 4.26. The van der Waals surface area contributed by atoms with E-state index in [1.165, 1.54) is 23.1 Å². The van der Waals surface area contributed by atoms with Gasteiger partial charge in [-0.15, -0.1) is 11.3 Å². The van der Waals surface area contributed by atoms with Crippen LogP contribution in [0.25, 0.3) is 21.3 Å². The Bertz CT molecular complexity index is 1410. The minimum Gasteiger partial charge on any atom is -0.365 e. The number of halogens is 3. The summed E-state index contributed by atoms with van der Waals surface area (Å²) in [5.74, 6) is -1.29. The summed E-state index contributed by atoms with van der Waals surface area (Å²) in [6.07, 6.45) is 2.13. The number of carbonyl (C=O) groups is 2. The molecule has 0 aliphatic carbocycles. The standard InChI is InChI=1S/C21H20ClF2N7O2S/c1-4-14(31-7-10(22)6-26-31)20(33)28-16-15-11(12-8-30(3)29-9(12)2)5-13(18(23)24)27-21(15)34-17(16)19(25)32/h5-8,14,18H,4H2,1-3H3,(H2,25,32)(H,28,33). The quantitative estimate of drug-likeness (QED) is 0.382. The highest BCUT2D eigenvalue weighted by Gasteiger charge is 2.28. The van der Waals surface area contributed by atoms with Gasteiger partial charge in [-0.1, -0.05) is 18.5 Å². The largest absolute Gasteiger partial charge is 0.365 e. The summed E-state index contributed by atoms with van der Waals surface area (Å²) in [4.78, 5) is 29.7. The van der Waals surface area contributed by atoms with E-state index in [4.69, 9.17) is 17.3 Å². The zero-order valence-electron chi connectivity index (χ0n) is 18.3. The Morgan fingerprint density at radius 1 is 1.29 bits per heavy atom. The zero-order valence-corrected chi connectivity index (χ0v) is 19.9. The van der Waals surface area contributed by atoms with Gasteiger partial charge in [0.05, 0.1) is 22.6 Å². The van der Waals surface area contributed by atoms with Gasteiger partial charge < -0.3 is 11.1 Å². The molecular formula is C21H20ClF2N7O2S. The lowest BCUT2D eigenvalue weighted by atomic mass is 10.0. The molecule has 1 unspecified atom stereocenters. The fourth-order valence-electron chi connectivity index (χ4n) is 3.78. The lowest BCUT2D eigenvalue weighted by Gasteiger charge is -2.16. The van der Waals surface area contributed by atoms with E-state index in [1.54, 1.807) is 31.8 Å². The van der Waals surface area contributed by atoms with Crippen molar-refractivity contribution in [2.75, 3.05) is 5.32 Å². The highest BCUT2D eigenvalue weighted by atomic mass is 35.5. The van der Waals surface area contributed by atoms with E-state index in [0.29, 0.717) is 33.7 Å². The van der Waals surface area contributed by atoms with Gasteiger partial charge in [0, 0.05) is 30.4 Å². The molecule has 1 atom stereocenters. The number of fused-ring (bicyclic) bond motifs is 1. The van der Waals surface area contributed by atoms with Crippen molar-refractivity contribution >= 4 is 50.7 Å². The number of primary amides is 1. The molecule has 178 valence electrons. The van der Waals surface area contributed by atoms with Gasteiger partial charge in [-0.3, -0.25) is 19.0 Å². The summed E-state index contributed by atoms with van der Waals surface area (Å²) < 4.78 is 30.3. The number of carbonyl (C=O) groups excluding carboxylic acids is 2. The van der Waals surface area contributed by atoms with Gasteiger partial charge in [0.1, 0.15) is 21.4 Å². The highest BCUT2D eigenvalue weighted by molar-refractivity contribution is 7.21. The Hall–Kier alpha value is -3.38. The second kappa shape index (κ2) is 9.11. The van der Waals surface area contributed by atoms with Crippen LogP contribution < -0.4 is 11.1 Å². The molecule has 0 aliphatic heterocycles. The summed E-state index contributed by atoms with van der Waals surface area (Å²) in [6.45, 7) is 3.53. The van der Waals surface area contributed by atoms with Crippen molar-refractivity contribution in [2.45, 2.75) is 32.7 Å². The molecule has 0 aliphatic rings. The topological polar surface area (TPSA) is 121 Å². The number of hydrogen-bond acceptors (Lipinski definition) is 6. The van der Waals surface area contributed by atoms with Crippen molar-refractivity contribution in [3.63, 3.8) is 0 Å². The molecule has 4 rings (SSSR count). The van der Waals surface area contributed by atoms with Crippen LogP contribution in [0.3, 0.4) is 0 Å². The van der Waals surface area contributed by atoms with Crippen LogP contribution in [0.15, 0.2) is 24.7 Å². The molecule has 4 aromatic rings. The first-order chi connectivity index (χ1) is 16.1. The Labute approximate surface area is 201 Å². The number of aromatic nitrogens is 5. The molecule has 0 saturated heterocycles. The van der Waals surface area contributed by atoms with Crippen LogP contribution in [0, 0.1) is 6.92 Å². The van der Waals surface area contributed by atoms with Crippen molar-refractivity contribution in [1.82, 2.24) is 24.5 Å². The number of nitrogens with one attached hydrogen (secondary N) is 1. The third-order valence-corrected chi connectivity index (χ3v) is 6.55. The van der Waals surface area contributed by atoms with E-state index in [1.807, 2.05) is 0 Å². The highest BCUT2D eigenvalue weighted by Crippen LogP contribution is 2.43. The predicted octanol–water partition coefficient (Wildman–Crippen LogP) is 4.48. The van der Waals surface area contributed by atoms with E-state index in [0.717, 1.165) is 11.3 Å². The van der Waals surface area contributed by atoms with Crippen molar-refractivity contribution in [1.29, 1.82) is 0 Å². The second-order valence-corrected chi connectivity index (χ2v) is 9.04. The number of alkyl halides is 2. The predicted molar refractivity (Wildman–Crippen MR) is 125 cm³/mol. The maximum absolute atomic E-state index is 13.7. The number of thiophene rings is 1. The zero-order chi connectivity index (χ0) is 24.7. The number of nitrogens with two attached hydrogens (primary N) is 1. The fourth-order valence-corrected chi connectivity index (χ4v) is 4.94. The molecule has 2 amide bonds. The Morgan fingerprint density at radius 2 is 2.03 bits per heavy atom. The minimum absolute atomic E-state index is 0.00147. The van der Waals surface area contributed by atoms with Crippen LogP contribution in [0.5, 0.6) is 0 Å².